The smallest absolute Gasteiger partial charge is 0.0433 e. The van der Waals surface area contributed by atoms with Gasteiger partial charge in [-0.3, -0.25) is 0 Å². The van der Waals surface area contributed by atoms with E-state index in [1.807, 2.05) is 0 Å². The van der Waals surface area contributed by atoms with Gasteiger partial charge in [-0.2, -0.15) is 0 Å². The average molecular weight is 260 g/mol. The number of benzene rings is 1. The van der Waals surface area contributed by atoms with Crippen molar-refractivity contribution in [3.05, 3.63) is 29.3 Å². The predicted octanol–water partition coefficient (Wildman–Crippen LogP) is 3.25. The first-order valence-electron chi connectivity index (χ1n) is 7.74. The van der Waals surface area contributed by atoms with Gasteiger partial charge in [-0.15, -0.1) is 0 Å². The highest BCUT2D eigenvalue weighted by atomic mass is 15.2. The number of aryl methyl sites for hydroxylation is 2. The lowest BCUT2D eigenvalue weighted by Gasteiger charge is -2.30. The van der Waals surface area contributed by atoms with E-state index in [9.17, 15) is 0 Å². The van der Waals surface area contributed by atoms with E-state index in [1.54, 1.807) is 0 Å². The summed E-state index contributed by atoms with van der Waals surface area (Å²) in [4.78, 5) is 2.65. The van der Waals surface area contributed by atoms with Crippen molar-refractivity contribution in [3.63, 3.8) is 0 Å². The molecule has 1 aliphatic heterocycles. The minimum Gasteiger partial charge on any atom is -0.368 e. The second-order valence-corrected chi connectivity index (χ2v) is 5.67. The number of rotatable bonds is 5. The standard InChI is InChI=1S/C17H28N2/c1-5-14-8-7-9-15(6-2)17(14)19-11-10-16(12-18-4)13(19)3/h7-9,13,16,18H,5-6,10-12H2,1-4H3. The zero-order chi connectivity index (χ0) is 13.8. The molecule has 2 nitrogen and oxygen atoms in total. The third kappa shape index (κ3) is 2.79. The van der Waals surface area contributed by atoms with E-state index in [4.69, 9.17) is 0 Å². The molecular weight excluding hydrogens is 232 g/mol. The third-order valence-electron chi connectivity index (χ3n) is 4.63. The normalized spacial score (nSPS) is 23.1. The fourth-order valence-corrected chi connectivity index (χ4v) is 3.44. The predicted molar refractivity (Wildman–Crippen MR) is 84.0 cm³/mol. The summed E-state index contributed by atoms with van der Waals surface area (Å²) in [5.41, 5.74) is 4.55. The maximum Gasteiger partial charge on any atom is 0.0433 e. The summed E-state index contributed by atoms with van der Waals surface area (Å²) in [6.45, 7) is 9.26. The van der Waals surface area contributed by atoms with Crippen molar-refractivity contribution in [2.24, 2.45) is 5.92 Å². The minimum absolute atomic E-state index is 0.644. The summed E-state index contributed by atoms with van der Waals surface area (Å²) in [6, 6.07) is 7.46. The van der Waals surface area contributed by atoms with Crippen molar-refractivity contribution >= 4 is 5.69 Å². The molecular formula is C17H28N2. The summed E-state index contributed by atoms with van der Waals surface area (Å²) < 4.78 is 0. The Balaban J connectivity index is 2.31. The van der Waals surface area contributed by atoms with Crippen LogP contribution in [0.15, 0.2) is 18.2 Å². The molecule has 1 N–H and O–H groups in total. The lowest BCUT2D eigenvalue weighted by Crippen LogP contribution is -2.34. The van der Waals surface area contributed by atoms with Crippen LogP contribution in [0.5, 0.6) is 0 Å². The summed E-state index contributed by atoms with van der Waals surface area (Å²) in [5, 5.41) is 3.34. The number of hydrogen-bond donors (Lipinski definition) is 1. The van der Waals surface area contributed by atoms with Gasteiger partial charge in [-0.1, -0.05) is 32.0 Å². The quantitative estimate of drug-likeness (QED) is 0.874. The summed E-state index contributed by atoms with van der Waals surface area (Å²) in [6.07, 6.45) is 3.56. The highest BCUT2D eigenvalue weighted by molar-refractivity contribution is 5.61. The molecule has 106 valence electrons. The third-order valence-corrected chi connectivity index (χ3v) is 4.63. The molecule has 1 aromatic carbocycles. The molecule has 0 saturated carbocycles. The Hall–Kier alpha value is -1.02. The Kier molecular flexibility index (Phi) is 4.87. The number of para-hydroxylation sites is 1. The molecule has 0 radical (unpaired) electrons. The summed E-state index contributed by atoms with van der Waals surface area (Å²) in [5.74, 6) is 0.777. The van der Waals surface area contributed by atoms with Crippen LogP contribution in [-0.2, 0) is 12.8 Å². The SMILES string of the molecule is CCc1cccc(CC)c1N1CCC(CNC)C1C. The Morgan fingerprint density at radius 1 is 1.21 bits per heavy atom. The van der Waals surface area contributed by atoms with Crippen LogP contribution in [0.3, 0.4) is 0 Å². The monoisotopic (exact) mass is 260 g/mol. The highest BCUT2D eigenvalue weighted by Gasteiger charge is 2.31. The number of anilines is 1. The maximum absolute atomic E-state index is 3.34. The van der Waals surface area contributed by atoms with Crippen LogP contribution < -0.4 is 10.2 Å². The zero-order valence-electron chi connectivity index (χ0n) is 12.9. The van der Waals surface area contributed by atoms with Crippen LogP contribution in [0.2, 0.25) is 0 Å². The first-order valence-corrected chi connectivity index (χ1v) is 7.74. The second kappa shape index (κ2) is 6.42. The molecule has 2 heteroatoms. The van der Waals surface area contributed by atoms with Crippen LogP contribution in [0.25, 0.3) is 0 Å². The van der Waals surface area contributed by atoms with Gasteiger partial charge in [-0.05, 0) is 56.8 Å². The van der Waals surface area contributed by atoms with E-state index in [1.165, 1.54) is 29.8 Å². The lowest BCUT2D eigenvalue weighted by atomic mass is 9.99. The number of hydrogen-bond acceptors (Lipinski definition) is 2. The van der Waals surface area contributed by atoms with Gasteiger partial charge in [-0.25, -0.2) is 0 Å². The van der Waals surface area contributed by atoms with Gasteiger partial charge < -0.3 is 10.2 Å². The Labute approximate surface area is 118 Å². The Bertz CT molecular complexity index is 391. The lowest BCUT2D eigenvalue weighted by molar-refractivity contribution is 0.473. The molecule has 1 fully saturated rings. The van der Waals surface area contributed by atoms with E-state index >= 15 is 0 Å². The molecule has 0 amide bonds. The highest BCUT2D eigenvalue weighted by Crippen LogP contribution is 2.35. The van der Waals surface area contributed by atoms with Gasteiger partial charge in [0.15, 0.2) is 0 Å². The topological polar surface area (TPSA) is 15.3 Å². The van der Waals surface area contributed by atoms with Crippen molar-refractivity contribution in [2.45, 2.75) is 46.1 Å². The minimum atomic E-state index is 0.644. The Morgan fingerprint density at radius 2 is 1.84 bits per heavy atom. The van der Waals surface area contributed by atoms with Crippen molar-refractivity contribution < 1.29 is 0 Å². The van der Waals surface area contributed by atoms with Crippen LogP contribution in [0.4, 0.5) is 5.69 Å². The van der Waals surface area contributed by atoms with Gasteiger partial charge in [0.1, 0.15) is 0 Å². The summed E-state index contributed by atoms with van der Waals surface area (Å²) >= 11 is 0. The van der Waals surface area contributed by atoms with Crippen molar-refractivity contribution in [2.75, 3.05) is 25.0 Å². The molecule has 0 aromatic heterocycles. The van der Waals surface area contributed by atoms with Gasteiger partial charge in [0.2, 0.25) is 0 Å². The first kappa shape index (κ1) is 14.4. The van der Waals surface area contributed by atoms with E-state index < -0.39 is 0 Å². The van der Waals surface area contributed by atoms with E-state index in [0.29, 0.717) is 6.04 Å². The van der Waals surface area contributed by atoms with E-state index in [0.717, 1.165) is 25.3 Å². The van der Waals surface area contributed by atoms with Crippen molar-refractivity contribution in [3.8, 4) is 0 Å². The van der Waals surface area contributed by atoms with Gasteiger partial charge in [0.25, 0.3) is 0 Å². The molecule has 0 bridgehead atoms. The average Bonchev–Trinajstić information content (AvgIpc) is 2.79. The fourth-order valence-electron chi connectivity index (χ4n) is 3.44. The molecule has 2 rings (SSSR count). The van der Waals surface area contributed by atoms with Gasteiger partial charge in [0, 0.05) is 18.3 Å². The van der Waals surface area contributed by atoms with Crippen molar-refractivity contribution in [1.82, 2.24) is 5.32 Å². The molecule has 1 heterocycles. The number of nitrogens with one attached hydrogen (secondary N) is 1. The maximum atomic E-state index is 3.34. The fraction of sp³-hybridized carbons (Fsp3) is 0.647. The van der Waals surface area contributed by atoms with Crippen LogP contribution >= 0.6 is 0 Å². The molecule has 1 aliphatic rings. The summed E-state index contributed by atoms with van der Waals surface area (Å²) in [7, 11) is 2.06. The second-order valence-electron chi connectivity index (χ2n) is 5.67. The molecule has 1 saturated heterocycles. The van der Waals surface area contributed by atoms with Crippen LogP contribution in [0.1, 0.15) is 38.3 Å². The number of nitrogens with zero attached hydrogens (tertiary/aromatic N) is 1. The molecule has 0 spiro atoms. The molecule has 0 aliphatic carbocycles. The largest absolute Gasteiger partial charge is 0.368 e. The molecule has 2 unspecified atom stereocenters. The van der Waals surface area contributed by atoms with E-state index in [-0.39, 0.29) is 0 Å². The van der Waals surface area contributed by atoms with Crippen molar-refractivity contribution in [1.29, 1.82) is 0 Å². The van der Waals surface area contributed by atoms with Crippen LogP contribution in [0, 0.1) is 5.92 Å². The van der Waals surface area contributed by atoms with Gasteiger partial charge >= 0.3 is 0 Å². The molecule has 2 atom stereocenters. The van der Waals surface area contributed by atoms with Crippen LogP contribution in [-0.4, -0.2) is 26.2 Å². The zero-order valence-corrected chi connectivity index (χ0v) is 12.9. The first-order chi connectivity index (χ1) is 9.22. The molecule has 19 heavy (non-hydrogen) atoms. The van der Waals surface area contributed by atoms with E-state index in [2.05, 4.69) is 56.2 Å². The Morgan fingerprint density at radius 3 is 2.37 bits per heavy atom. The molecule has 1 aromatic rings. The van der Waals surface area contributed by atoms with Gasteiger partial charge in [0.05, 0.1) is 0 Å².